The fraction of sp³-hybridized carbons (Fsp3) is 0.176. The molecule has 22 heavy (non-hydrogen) atoms. The first kappa shape index (κ1) is 16.6. The molecule has 5 heteroatoms. The number of amides is 1. The van der Waals surface area contributed by atoms with Gasteiger partial charge in [-0.25, -0.2) is 5.43 Å². The van der Waals surface area contributed by atoms with Crippen molar-refractivity contribution in [3.05, 3.63) is 65.2 Å². The zero-order chi connectivity index (χ0) is 15.8. The van der Waals surface area contributed by atoms with Crippen LogP contribution in [0.5, 0.6) is 0 Å². The van der Waals surface area contributed by atoms with Gasteiger partial charge in [0, 0.05) is 22.1 Å². The summed E-state index contributed by atoms with van der Waals surface area (Å²) in [5, 5.41) is 4.84. The lowest BCUT2D eigenvalue weighted by Crippen LogP contribution is -2.19. The van der Waals surface area contributed by atoms with Crippen LogP contribution in [0.1, 0.15) is 18.9 Å². The van der Waals surface area contributed by atoms with E-state index in [1.54, 1.807) is 11.8 Å². The smallest absolute Gasteiger partial charge is 0.240 e. The molecule has 2 aromatic carbocycles. The minimum Gasteiger partial charge on any atom is -0.273 e. The van der Waals surface area contributed by atoms with E-state index in [1.165, 1.54) is 0 Å². The van der Waals surface area contributed by atoms with Crippen LogP contribution < -0.4 is 5.43 Å². The normalized spacial score (nSPS) is 11.3. The molecular formula is C17H17ClN2OS. The third kappa shape index (κ3) is 5.54. The Morgan fingerprint density at radius 2 is 1.82 bits per heavy atom. The monoisotopic (exact) mass is 332 g/mol. The van der Waals surface area contributed by atoms with E-state index in [-0.39, 0.29) is 5.91 Å². The molecule has 0 unspecified atom stereocenters. The summed E-state index contributed by atoms with van der Waals surface area (Å²) in [6.07, 6.45) is 0.416. The van der Waals surface area contributed by atoms with Crippen molar-refractivity contribution in [2.75, 3.05) is 5.75 Å². The number of halogens is 1. The first-order valence-electron chi connectivity index (χ1n) is 6.92. The van der Waals surface area contributed by atoms with Crippen LogP contribution in [-0.2, 0) is 4.79 Å². The number of thioether (sulfide) groups is 1. The van der Waals surface area contributed by atoms with E-state index >= 15 is 0 Å². The van der Waals surface area contributed by atoms with Gasteiger partial charge in [-0.3, -0.25) is 4.79 Å². The van der Waals surface area contributed by atoms with E-state index in [0.717, 1.165) is 16.2 Å². The van der Waals surface area contributed by atoms with Gasteiger partial charge in [-0.2, -0.15) is 5.10 Å². The number of hydrogen-bond acceptors (Lipinski definition) is 3. The molecule has 0 fully saturated rings. The van der Waals surface area contributed by atoms with Crippen molar-refractivity contribution >= 4 is 35.0 Å². The molecule has 0 aliphatic heterocycles. The van der Waals surface area contributed by atoms with Crippen molar-refractivity contribution in [2.24, 2.45) is 5.10 Å². The predicted octanol–water partition coefficient (Wildman–Crippen LogP) is 4.36. The zero-order valence-corrected chi connectivity index (χ0v) is 13.8. The van der Waals surface area contributed by atoms with Crippen molar-refractivity contribution in [1.29, 1.82) is 0 Å². The highest BCUT2D eigenvalue weighted by atomic mass is 35.5. The molecule has 0 aliphatic rings. The Morgan fingerprint density at radius 3 is 2.50 bits per heavy atom. The van der Waals surface area contributed by atoms with Crippen molar-refractivity contribution in [1.82, 2.24) is 5.43 Å². The maximum atomic E-state index is 11.8. The number of rotatable bonds is 6. The van der Waals surface area contributed by atoms with Crippen LogP contribution in [0.25, 0.3) is 0 Å². The molecule has 0 bridgehead atoms. The van der Waals surface area contributed by atoms with E-state index in [0.29, 0.717) is 17.2 Å². The van der Waals surface area contributed by atoms with Gasteiger partial charge in [-0.1, -0.05) is 41.9 Å². The van der Waals surface area contributed by atoms with Gasteiger partial charge in [0.1, 0.15) is 0 Å². The first-order valence-corrected chi connectivity index (χ1v) is 8.28. The Bertz CT molecular complexity index is 641. The molecule has 3 nitrogen and oxygen atoms in total. The molecule has 2 aromatic rings. The van der Waals surface area contributed by atoms with Crippen LogP contribution in [-0.4, -0.2) is 17.4 Å². The number of carbonyl (C=O) groups excluding carboxylic acids is 1. The Labute approximate surface area is 139 Å². The average molecular weight is 333 g/mol. The van der Waals surface area contributed by atoms with Gasteiger partial charge < -0.3 is 0 Å². The first-order chi connectivity index (χ1) is 10.6. The van der Waals surface area contributed by atoms with Gasteiger partial charge in [0.15, 0.2) is 0 Å². The highest BCUT2D eigenvalue weighted by Crippen LogP contribution is 2.20. The third-order valence-electron chi connectivity index (χ3n) is 2.95. The number of nitrogens with zero attached hydrogens (tertiary/aromatic N) is 1. The summed E-state index contributed by atoms with van der Waals surface area (Å²) in [7, 11) is 0. The summed E-state index contributed by atoms with van der Waals surface area (Å²) in [5.41, 5.74) is 4.38. The molecule has 114 valence electrons. The summed E-state index contributed by atoms with van der Waals surface area (Å²) in [4.78, 5) is 12.9. The molecule has 0 aliphatic carbocycles. The molecule has 0 spiro atoms. The lowest BCUT2D eigenvalue weighted by atomic mass is 10.1. The number of carbonyl (C=O) groups is 1. The van der Waals surface area contributed by atoms with E-state index < -0.39 is 0 Å². The van der Waals surface area contributed by atoms with Crippen LogP contribution in [0.4, 0.5) is 0 Å². The summed E-state index contributed by atoms with van der Waals surface area (Å²) >= 11 is 7.45. The second kappa shape index (κ2) is 8.61. The lowest BCUT2D eigenvalue weighted by molar-refractivity contribution is -0.120. The highest BCUT2D eigenvalue weighted by molar-refractivity contribution is 7.99. The quantitative estimate of drug-likeness (QED) is 0.485. The van der Waals surface area contributed by atoms with E-state index in [9.17, 15) is 4.79 Å². The lowest BCUT2D eigenvalue weighted by Gasteiger charge is -2.03. The molecule has 0 saturated heterocycles. The topological polar surface area (TPSA) is 41.5 Å². The van der Waals surface area contributed by atoms with E-state index in [2.05, 4.69) is 10.5 Å². The largest absolute Gasteiger partial charge is 0.273 e. The van der Waals surface area contributed by atoms with Gasteiger partial charge in [0.05, 0.1) is 5.71 Å². The van der Waals surface area contributed by atoms with Gasteiger partial charge in [-0.15, -0.1) is 11.8 Å². The van der Waals surface area contributed by atoms with Crippen LogP contribution in [0.2, 0.25) is 5.02 Å². The van der Waals surface area contributed by atoms with Gasteiger partial charge >= 0.3 is 0 Å². The number of hydrazone groups is 1. The SMILES string of the molecule is C/C(=N/NC(=O)CCSc1ccc(Cl)cc1)c1ccccc1. The van der Waals surface area contributed by atoms with Gasteiger partial charge in [0.25, 0.3) is 0 Å². The van der Waals surface area contributed by atoms with Crippen molar-refractivity contribution in [2.45, 2.75) is 18.2 Å². The Hall–Kier alpha value is -1.78. The van der Waals surface area contributed by atoms with Crippen LogP contribution in [0.3, 0.4) is 0 Å². The summed E-state index contributed by atoms with van der Waals surface area (Å²) < 4.78 is 0. The molecule has 0 saturated carbocycles. The van der Waals surface area contributed by atoms with E-state index in [4.69, 9.17) is 11.6 Å². The molecule has 0 heterocycles. The molecule has 0 radical (unpaired) electrons. The maximum Gasteiger partial charge on any atom is 0.240 e. The Balaban J connectivity index is 1.75. The van der Waals surface area contributed by atoms with Crippen molar-refractivity contribution in [3.63, 3.8) is 0 Å². The molecule has 0 aromatic heterocycles. The van der Waals surface area contributed by atoms with Crippen molar-refractivity contribution < 1.29 is 4.79 Å². The average Bonchev–Trinajstić information content (AvgIpc) is 2.55. The fourth-order valence-corrected chi connectivity index (χ4v) is 2.72. The van der Waals surface area contributed by atoms with Crippen molar-refractivity contribution in [3.8, 4) is 0 Å². The standard InChI is InChI=1S/C17H17ClN2OS/c1-13(14-5-3-2-4-6-14)19-20-17(21)11-12-22-16-9-7-15(18)8-10-16/h2-10H,11-12H2,1H3,(H,20,21)/b19-13-. The zero-order valence-electron chi connectivity index (χ0n) is 12.3. The molecule has 1 N–H and O–H groups in total. The summed E-state index contributed by atoms with van der Waals surface area (Å²) in [5.74, 6) is 0.615. The number of nitrogens with one attached hydrogen (secondary N) is 1. The number of benzene rings is 2. The van der Waals surface area contributed by atoms with Crippen LogP contribution in [0, 0.1) is 0 Å². The predicted molar refractivity (Wildman–Crippen MR) is 93.6 cm³/mol. The summed E-state index contributed by atoms with van der Waals surface area (Å²) in [6, 6.07) is 17.3. The van der Waals surface area contributed by atoms with Gasteiger partial charge in [-0.05, 0) is 36.8 Å². The molecule has 2 rings (SSSR count). The van der Waals surface area contributed by atoms with Crippen LogP contribution >= 0.6 is 23.4 Å². The second-order valence-electron chi connectivity index (χ2n) is 4.65. The fourth-order valence-electron chi connectivity index (χ4n) is 1.74. The van der Waals surface area contributed by atoms with Crippen LogP contribution in [0.15, 0.2) is 64.6 Å². The molecule has 0 atom stereocenters. The maximum absolute atomic E-state index is 11.8. The van der Waals surface area contributed by atoms with Gasteiger partial charge in [0.2, 0.25) is 5.91 Å². The van der Waals surface area contributed by atoms with E-state index in [1.807, 2.05) is 61.5 Å². The third-order valence-corrected chi connectivity index (χ3v) is 4.22. The minimum absolute atomic E-state index is 0.0863. The molecule has 1 amide bonds. The summed E-state index contributed by atoms with van der Waals surface area (Å²) in [6.45, 7) is 1.87. The molecular weight excluding hydrogens is 316 g/mol. The second-order valence-corrected chi connectivity index (χ2v) is 6.26. The Kier molecular flexibility index (Phi) is 6.49. The Morgan fingerprint density at radius 1 is 1.14 bits per heavy atom. The highest BCUT2D eigenvalue weighted by Gasteiger charge is 2.02. The minimum atomic E-state index is -0.0863. The number of hydrogen-bond donors (Lipinski definition) is 1.